The Hall–Kier alpha value is -2.67. The number of sulfone groups is 1. The van der Waals surface area contributed by atoms with E-state index in [9.17, 15) is 18.0 Å². The van der Waals surface area contributed by atoms with Crippen LogP contribution in [0.2, 0.25) is 0 Å². The van der Waals surface area contributed by atoms with Gasteiger partial charge in [0.1, 0.15) is 5.75 Å². The van der Waals surface area contributed by atoms with Gasteiger partial charge in [-0.15, -0.1) is 0 Å². The maximum atomic E-state index is 12.9. The van der Waals surface area contributed by atoms with E-state index in [0.717, 1.165) is 0 Å². The minimum absolute atomic E-state index is 0.0402. The van der Waals surface area contributed by atoms with Crippen molar-refractivity contribution in [2.75, 3.05) is 23.0 Å². The zero-order valence-electron chi connectivity index (χ0n) is 15.7. The van der Waals surface area contributed by atoms with Gasteiger partial charge in [0.15, 0.2) is 22.2 Å². The quantitative estimate of drug-likeness (QED) is 0.667. The Morgan fingerprint density at radius 1 is 1.07 bits per heavy atom. The van der Waals surface area contributed by atoms with E-state index >= 15 is 0 Å². The van der Waals surface area contributed by atoms with Gasteiger partial charge in [-0.1, -0.05) is 25.1 Å². The second kappa shape index (κ2) is 8.56. The van der Waals surface area contributed by atoms with Crippen molar-refractivity contribution in [3.63, 3.8) is 0 Å². The summed E-state index contributed by atoms with van der Waals surface area (Å²) in [7, 11) is -3.13. The lowest BCUT2D eigenvalue weighted by Gasteiger charge is -2.28. The third kappa shape index (κ3) is 4.78. The summed E-state index contributed by atoms with van der Waals surface area (Å²) in [5.74, 6) is 0.263. The van der Waals surface area contributed by atoms with Gasteiger partial charge in [-0.3, -0.25) is 9.59 Å². The van der Waals surface area contributed by atoms with Gasteiger partial charge in [-0.05, 0) is 42.8 Å². The second-order valence-corrected chi connectivity index (χ2v) is 8.97. The number of rotatable bonds is 7. The van der Waals surface area contributed by atoms with Crippen LogP contribution in [0.15, 0.2) is 54.6 Å². The van der Waals surface area contributed by atoms with E-state index in [4.69, 9.17) is 4.74 Å². The minimum Gasteiger partial charge on any atom is -0.484 e. The number of ketones is 1. The van der Waals surface area contributed by atoms with E-state index in [1.807, 2.05) is 18.2 Å². The molecular formula is C21H23NO5S. The Balaban J connectivity index is 1.72. The Kier molecular flexibility index (Phi) is 6.14. The second-order valence-electron chi connectivity index (χ2n) is 6.75. The molecule has 1 atom stereocenters. The first-order valence-corrected chi connectivity index (χ1v) is 11.1. The van der Waals surface area contributed by atoms with Crippen LogP contribution in [-0.4, -0.2) is 44.3 Å². The van der Waals surface area contributed by atoms with Crippen LogP contribution in [0.4, 0.5) is 5.69 Å². The van der Waals surface area contributed by atoms with Crippen LogP contribution in [0.25, 0.3) is 0 Å². The van der Waals surface area contributed by atoms with Crippen LogP contribution in [0.3, 0.4) is 0 Å². The molecule has 148 valence electrons. The highest BCUT2D eigenvalue weighted by Crippen LogP contribution is 2.25. The molecular weight excluding hydrogens is 378 g/mol. The highest BCUT2D eigenvalue weighted by Gasteiger charge is 2.35. The van der Waals surface area contributed by atoms with Crippen molar-refractivity contribution in [3.8, 4) is 5.75 Å². The Morgan fingerprint density at radius 3 is 2.32 bits per heavy atom. The molecule has 0 spiro atoms. The number of nitrogens with zero attached hydrogens (tertiary/aromatic N) is 1. The molecule has 28 heavy (non-hydrogen) atoms. The molecule has 1 aliphatic heterocycles. The summed E-state index contributed by atoms with van der Waals surface area (Å²) < 4.78 is 29.4. The largest absolute Gasteiger partial charge is 0.484 e. The molecule has 7 heteroatoms. The molecule has 6 nitrogen and oxygen atoms in total. The van der Waals surface area contributed by atoms with E-state index in [2.05, 4.69) is 0 Å². The molecule has 1 saturated heterocycles. The van der Waals surface area contributed by atoms with E-state index in [1.165, 1.54) is 4.90 Å². The maximum absolute atomic E-state index is 12.9. The van der Waals surface area contributed by atoms with Crippen LogP contribution in [0, 0.1) is 0 Å². The zero-order chi connectivity index (χ0) is 20.1. The fourth-order valence-electron chi connectivity index (χ4n) is 3.28. The van der Waals surface area contributed by atoms with Crippen molar-refractivity contribution in [1.29, 1.82) is 0 Å². The van der Waals surface area contributed by atoms with Gasteiger partial charge < -0.3 is 9.64 Å². The monoisotopic (exact) mass is 401 g/mol. The Morgan fingerprint density at radius 2 is 1.75 bits per heavy atom. The van der Waals surface area contributed by atoms with E-state index in [0.29, 0.717) is 29.8 Å². The molecule has 1 fully saturated rings. The van der Waals surface area contributed by atoms with Crippen molar-refractivity contribution in [2.45, 2.75) is 25.8 Å². The van der Waals surface area contributed by atoms with Gasteiger partial charge >= 0.3 is 0 Å². The topological polar surface area (TPSA) is 80.8 Å². The summed E-state index contributed by atoms with van der Waals surface area (Å²) in [6, 6.07) is 15.3. The van der Waals surface area contributed by atoms with Crippen molar-refractivity contribution < 1.29 is 22.7 Å². The molecule has 0 aliphatic carbocycles. The predicted octanol–water partition coefficient (Wildman–Crippen LogP) is 2.88. The first-order chi connectivity index (χ1) is 13.4. The van der Waals surface area contributed by atoms with Crippen molar-refractivity contribution in [2.24, 2.45) is 0 Å². The van der Waals surface area contributed by atoms with E-state index in [-0.39, 0.29) is 29.8 Å². The molecule has 0 radical (unpaired) electrons. The molecule has 1 heterocycles. The minimum atomic E-state index is -3.13. The van der Waals surface area contributed by atoms with E-state index in [1.54, 1.807) is 43.3 Å². The van der Waals surface area contributed by atoms with Crippen molar-refractivity contribution in [1.82, 2.24) is 0 Å². The van der Waals surface area contributed by atoms with Gasteiger partial charge in [-0.25, -0.2) is 8.42 Å². The summed E-state index contributed by atoms with van der Waals surface area (Å²) >= 11 is 0. The average molecular weight is 401 g/mol. The summed E-state index contributed by atoms with van der Waals surface area (Å²) in [6.07, 6.45) is 0.839. The van der Waals surface area contributed by atoms with Gasteiger partial charge in [0.2, 0.25) is 0 Å². The third-order valence-electron chi connectivity index (χ3n) is 4.74. The number of amides is 1. The maximum Gasteiger partial charge on any atom is 0.265 e. The number of hydrogen-bond acceptors (Lipinski definition) is 5. The first kappa shape index (κ1) is 20.1. The number of ether oxygens (including phenoxy) is 1. The highest BCUT2D eigenvalue weighted by atomic mass is 32.2. The van der Waals surface area contributed by atoms with Crippen LogP contribution >= 0.6 is 0 Å². The molecule has 1 aliphatic rings. The number of benzene rings is 2. The molecule has 1 amide bonds. The van der Waals surface area contributed by atoms with Crippen LogP contribution in [0.5, 0.6) is 5.75 Å². The normalized spacial score (nSPS) is 17.8. The fourth-order valence-corrected chi connectivity index (χ4v) is 4.98. The molecule has 0 aromatic heterocycles. The SMILES string of the molecule is CCC(=O)c1ccc(OCC(=O)N(c2ccccc2)[C@@H]2CCS(=O)(=O)C2)cc1. The zero-order valence-corrected chi connectivity index (χ0v) is 16.5. The number of carbonyl (C=O) groups excluding carboxylic acids is 2. The molecule has 0 saturated carbocycles. The number of anilines is 1. The number of para-hydroxylation sites is 1. The van der Waals surface area contributed by atoms with E-state index < -0.39 is 15.9 Å². The van der Waals surface area contributed by atoms with Gasteiger partial charge in [-0.2, -0.15) is 0 Å². The fraction of sp³-hybridized carbons (Fsp3) is 0.333. The molecule has 0 N–H and O–H groups in total. The lowest BCUT2D eigenvalue weighted by molar-refractivity contribution is -0.121. The lowest BCUT2D eigenvalue weighted by atomic mass is 10.1. The smallest absolute Gasteiger partial charge is 0.265 e. The van der Waals surface area contributed by atoms with Crippen LogP contribution in [0.1, 0.15) is 30.1 Å². The molecule has 3 rings (SSSR count). The number of carbonyl (C=O) groups is 2. The average Bonchev–Trinajstić information content (AvgIpc) is 3.06. The summed E-state index contributed by atoms with van der Waals surface area (Å²) in [4.78, 5) is 26.1. The van der Waals surface area contributed by atoms with Crippen molar-refractivity contribution in [3.05, 3.63) is 60.2 Å². The van der Waals surface area contributed by atoms with Gasteiger partial charge in [0, 0.05) is 17.7 Å². The standard InChI is InChI=1S/C21H23NO5S/c1-2-20(23)16-8-10-19(11-9-16)27-14-21(24)22(17-6-4-3-5-7-17)18-12-13-28(25,26)15-18/h3-11,18H,2,12-15H2,1H3/t18-/m1/s1. The number of Topliss-reactive ketones (excluding diaryl/α,β-unsaturated/α-hetero) is 1. The van der Waals surface area contributed by atoms with Crippen LogP contribution in [-0.2, 0) is 14.6 Å². The first-order valence-electron chi connectivity index (χ1n) is 9.23. The summed E-state index contributed by atoms with van der Waals surface area (Å²) in [5.41, 5.74) is 1.25. The van der Waals surface area contributed by atoms with Gasteiger partial charge in [0.25, 0.3) is 5.91 Å². The Labute approximate surface area is 165 Å². The predicted molar refractivity (Wildman–Crippen MR) is 108 cm³/mol. The Bertz CT molecular complexity index is 939. The van der Waals surface area contributed by atoms with Crippen LogP contribution < -0.4 is 9.64 Å². The molecule has 0 unspecified atom stereocenters. The van der Waals surface area contributed by atoms with Crippen molar-refractivity contribution >= 4 is 27.2 Å². The highest BCUT2D eigenvalue weighted by molar-refractivity contribution is 7.91. The third-order valence-corrected chi connectivity index (χ3v) is 6.49. The summed E-state index contributed by atoms with van der Waals surface area (Å²) in [5, 5.41) is 0. The lowest BCUT2D eigenvalue weighted by Crippen LogP contribution is -2.43. The molecule has 2 aromatic carbocycles. The van der Waals surface area contributed by atoms with Gasteiger partial charge in [0.05, 0.1) is 17.5 Å². The molecule has 2 aromatic rings. The summed E-state index contributed by atoms with van der Waals surface area (Å²) in [6.45, 7) is 1.58. The number of hydrogen-bond donors (Lipinski definition) is 0. The molecule has 0 bridgehead atoms.